The van der Waals surface area contributed by atoms with Crippen molar-refractivity contribution in [3.63, 3.8) is 0 Å². The molecular formula is C14H19Cl2N3O. The summed E-state index contributed by atoms with van der Waals surface area (Å²) in [6.07, 6.45) is 1.62. The summed E-state index contributed by atoms with van der Waals surface area (Å²) in [7, 11) is 0. The molecule has 0 bridgehead atoms. The number of imidazole rings is 1. The summed E-state index contributed by atoms with van der Waals surface area (Å²) in [5.41, 5.74) is 1.22. The number of rotatable bonds is 5. The highest BCUT2D eigenvalue weighted by atomic mass is 35.5. The first kappa shape index (κ1) is 15.5. The van der Waals surface area contributed by atoms with Crippen LogP contribution in [0.25, 0.3) is 11.2 Å². The van der Waals surface area contributed by atoms with Crippen LogP contribution in [0, 0.1) is 0 Å². The fraction of sp³-hybridized carbons (Fsp3) is 0.571. The smallest absolute Gasteiger partial charge is 0.160 e. The summed E-state index contributed by atoms with van der Waals surface area (Å²) in [5.74, 6) is 0.782. The Kier molecular flexibility index (Phi) is 4.57. The van der Waals surface area contributed by atoms with Crippen LogP contribution >= 0.6 is 23.2 Å². The topological polar surface area (TPSA) is 39.9 Å². The zero-order valence-corrected chi connectivity index (χ0v) is 13.7. The van der Waals surface area contributed by atoms with Crippen LogP contribution in [0.4, 0.5) is 0 Å². The number of hydrogen-bond acceptors (Lipinski definition) is 3. The van der Waals surface area contributed by atoms with Crippen molar-refractivity contribution in [3.05, 3.63) is 23.1 Å². The predicted octanol–water partition coefficient (Wildman–Crippen LogP) is 4.20. The van der Waals surface area contributed by atoms with Crippen molar-refractivity contribution in [1.29, 1.82) is 0 Å². The summed E-state index contributed by atoms with van der Waals surface area (Å²) in [4.78, 5) is 8.93. The second-order valence-electron chi connectivity index (χ2n) is 5.36. The first-order valence-electron chi connectivity index (χ1n) is 6.64. The van der Waals surface area contributed by atoms with Gasteiger partial charge < -0.3 is 9.30 Å². The minimum absolute atomic E-state index is 0.208. The van der Waals surface area contributed by atoms with E-state index in [1.165, 1.54) is 0 Å². The molecule has 0 N–H and O–H groups in total. The highest BCUT2D eigenvalue weighted by Crippen LogP contribution is 2.27. The summed E-state index contributed by atoms with van der Waals surface area (Å²) in [6.45, 7) is 9.26. The van der Waals surface area contributed by atoms with E-state index in [2.05, 4.69) is 9.97 Å². The molecule has 110 valence electrons. The highest BCUT2D eigenvalue weighted by Gasteiger charge is 2.24. The Hall–Kier alpha value is -0.840. The van der Waals surface area contributed by atoms with Gasteiger partial charge >= 0.3 is 0 Å². The van der Waals surface area contributed by atoms with Gasteiger partial charge in [0.25, 0.3) is 0 Å². The van der Waals surface area contributed by atoms with Crippen molar-refractivity contribution in [2.75, 3.05) is 6.61 Å². The van der Waals surface area contributed by atoms with E-state index in [9.17, 15) is 0 Å². The molecular weight excluding hydrogens is 297 g/mol. The molecule has 0 amide bonds. The molecule has 1 atom stereocenters. The number of pyridine rings is 1. The molecule has 4 nitrogen and oxygen atoms in total. The fourth-order valence-corrected chi connectivity index (χ4v) is 2.60. The first-order valence-corrected chi connectivity index (χ1v) is 7.45. The number of alkyl halides is 1. The molecule has 0 fully saturated rings. The molecule has 20 heavy (non-hydrogen) atoms. The van der Waals surface area contributed by atoms with E-state index < -0.39 is 0 Å². The quantitative estimate of drug-likeness (QED) is 0.776. The molecule has 0 aliphatic carbocycles. The molecule has 6 heteroatoms. The lowest BCUT2D eigenvalue weighted by molar-refractivity contribution is -0.0222. The summed E-state index contributed by atoms with van der Waals surface area (Å²) in [5, 5.41) is 0.361. The lowest BCUT2D eigenvalue weighted by Crippen LogP contribution is -2.31. The monoisotopic (exact) mass is 315 g/mol. The predicted molar refractivity (Wildman–Crippen MR) is 82.5 cm³/mol. The van der Waals surface area contributed by atoms with E-state index >= 15 is 0 Å². The maximum Gasteiger partial charge on any atom is 0.160 e. The lowest BCUT2D eigenvalue weighted by Gasteiger charge is -2.26. The van der Waals surface area contributed by atoms with Gasteiger partial charge in [-0.3, -0.25) is 0 Å². The Balaban J connectivity index is 2.51. The third kappa shape index (κ3) is 3.25. The normalized spacial score (nSPS) is 13.9. The molecule has 0 spiro atoms. The summed E-state index contributed by atoms with van der Waals surface area (Å²) < 4.78 is 7.78. The van der Waals surface area contributed by atoms with Crippen molar-refractivity contribution >= 4 is 34.4 Å². The average Bonchev–Trinajstić information content (AvgIpc) is 2.66. The third-order valence-corrected chi connectivity index (χ3v) is 3.41. The van der Waals surface area contributed by atoms with Crippen molar-refractivity contribution in [2.24, 2.45) is 0 Å². The summed E-state index contributed by atoms with van der Waals surface area (Å²) in [6, 6.07) is 1.80. The van der Waals surface area contributed by atoms with Crippen LogP contribution < -0.4 is 0 Å². The SMILES string of the molecule is CCOC(C)(C)Cn1c(C(C)Cl)nc2cc(Cl)cnc21. The zero-order chi connectivity index (χ0) is 14.9. The Morgan fingerprint density at radius 3 is 2.75 bits per heavy atom. The molecule has 0 saturated heterocycles. The van der Waals surface area contributed by atoms with Gasteiger partial charge in [-0.1, -0.05) is 11.6 Å². The molecule has 2 aromatic heterocycles. The Labute approximate surface area is 129 Å². The molecule has 0 aliphatic rings. The number of fused-ring (bicyclic) bond motifs is 1. The van der Waals surface area contributed by atoms with Gasteiger partial charge in [0.2, 0.25) is 0 Å². The second kappa shape index (κ2) is 5.88. The van der Waals surface area contributed by atoms with Crippen LogP contribution in [0.15, 0.2) is 12.3 Å². The molecule has 2 rings (SSSR count). The van der Waals surface area contributed by atoms with E-state index in [0.29, 0.717) is 18.2 Å². The number of aromatic nitrogens is 3. The van der Waals surface area contributed by atoms with Crippen LogP contribution in [-0.2, 0) is 11.3 Å². The van der Waals surface area contributed by atoms with Gasteiger partial charge in [-0.15, -0.1) is 11.6 Å². The van der Waals surface area contributed by atoms with Crippen LogP contribution in [0.3, 0.4) is 0 Å². The molecule has 2 aromatic rings. The first-order chi connectivity index (χ1) is 9.34. The highest BCUT2D eigenvalue weighted by molar-refractivity contribution is 6.31. The van der Waals surface area contributed by atoms with E-state index in [0.717, 1.165) is 17.0 Å². The van der Waals surface area contributed by atoms with Crippen LogP contribution in [-0.4, -0.2) is 26.7 Å². The van der Waals surface area contributed by atoms with E-state index in [1.54, 1.807) is 12.3 Å². The Morgan fingerprint density at radius 2 is 2.15 bits per heavy atom. The van der Waals surface area contributed by atoms with Crippen molar-refractivity contribution in [2.45, 2.75) is 45.2 Å². The third-order valence-electron chi connectivity index (χ3n) is 3.01. The minimum atomic E-state index is -0.315. The molecule has 0 radical (unpaired) electrons. The van der Waals surface area contributed by atoms with Crippen molar-refractivity contribution < 1.29 is 4.74 Å². The van der Waals surface area contributed by atoms with E-state index in [4.69, 9.17) is 27.9 Å². The number of ether oxygens (including phenoxy) is 1. The van der Waals surface area contributed by atoms with Crippen LogP contribution in [0.5, 0.6) is 0 Å². The van der Waals surface area contributed by atoms with Gasteiger partial charge in [0.1, 0.15) is 11.3 Å². The summed E-state index contributed by atoms with van der Waals surface area (Å²) >= 11 is 12.2. The van der Waals surface area contributed by atoms with Gasteiger partial charge in [-0.05, 0) is 33.8 Å². The molecule has 0 aromatic carbocycles. The second-order valence-corrected chi connectivity index (χ2v) is 6.45. The maximum atomic E-state index is 6.24. The fourth-order valence-electron chi connectivity index (χ4n) is 2.28. The number of nitrogens with zero attached hydrogens (tertiary/aromatic N) is 3. The molecule has 0 saturated carbocycles. The molecule has 1 unspecified atom stereocenters. The van der Waals surface area contributed by atoms with Crippen molar-refractivity contribution in [3.8, 4) is 0 Å². The largest absolute Gasteiger partial charge is 0.374 e. The Bertz CT molecular complexity index is 608. The molecule has 0 aliphatic heterocycles. The Morgan fingerprint density at radius 1 is 1.45 bits per heavy atom. The van der Waals surface area contributed by atoms with Crippen LogP contribution in [0.1, 0.15) is 38.9 Å². The standard InChI is InChI=1S/C14H19Cl2N3O/c1-5-20-14(3,4)8-19-12(9(2)15)18-11-6-10(16)7-17-13(11)19/h6-7,9H,5,8H2,1-4H3. The maximum absolute atomic E-state index is 6.24. The molecule has 2 heterocycles. The van der Waals surface area contributed by atoms with E-state index in [-0.39, 0.29) is 11.0 Å². The average molecular weight is 316 g/mol. The minimum Gasteiger partial charge on any atom is -0.374 e. The number of halogens is 2. The number of hydrogen-bond donors (Lipinski definition) is 0. The van der Waals surface area contributed by atoms with Crippen LogP contribution in [0.2, 0.25) is 5.02 Å². The van der Waals surface area contributed by atoms with E-state index in [1.807, 2.05) is 32.3 Å². The van der Waals surface area contributed by atoms with Gasteiger partial charge in [0.05, 0.1) is 22.5 Å². The zero-order valence-electron chi connectivity index (χ0n) is 12.2. The van der Waals surface area contributed by atoms with Gasteiger partial charge in [0.15, 0.2) is 5.65 Å². The van der Waals surface area contributed by atoms with Gasteiger partial charge in [0, 0.05) is 12.8 Å². The van der Waals surface area contributed by atoms with Crippen molar-refractivity contribution in [1.82, 2.24) is 14.5 Å². The van der Waals surface area contributed by atoms with Gasteiger partial charge in [-0.25, -0.2) is 9.97 Å². The lowest BCUT2D eigenvalue weighted by atomic mass is 10.1. The van der Waals surface area contributed by atoms with Gasteiger partial charge in [-0.2, -0.15) is 0 Å².